The first-order valence-corrected chi connectivity index (χ1v) is 6.62. The van der Waals surface area contributed by atoms with Crippen LogP contribution in [-0.4, -0.2) is 43.7 Å². The molecule has 0 aliphatic carbocycles. The minimum Gasteiger partial charge on any atom is -0.378 e. The second kappa shape index (κ2) is 6.76. The zero-order valence-corrected chi connectivity index (χ0v) is 11.1. The highest BCUT2D eigenvalue weighted by molar-refractivity contribution is 5.79. The first-order chi connectivity index (χ1) is 9.61. The number of carbonyl (C=O) groups is 1. The first-order valence-electron chi connectivity index (χ1n) is 6.62. The smallest absolute Gasteiger partial charge is 0.227 e. The largest absolute Gasteiger partial charge is 0.378 e. The van der Waals surface area contributed by atoms with Gasteiger partial charge in [-0.15, -0.1) is 0 Å². The van der Waals surface area contributed by atoms with Crippen molar-refractivity contribution in [1.29, 1.82) is 0 Å². The number of morpholine rings is 1. The van der Waals surface area contributed by atoms with Crippen LogP contribution in [0.2, 0.25) is 0 Å². The van der Waals surface area contributed by atoms with Crippen LogP contribution in [0.3, 0.4) is 0 Å². The minimum atomic E-state index is -0.538. The van der Waals surface area contributed by atoms with Crippen molar-refractivity contribution in [2.45, 2.75) is 6.42 Å². The number of rotatable bonds is 4. The van der Waals surface area contributed by atoms with Crippen molar-refractivity contribution < 1.29 is 18.3 Å². The lowest BCUT2D eigenvalue weighted by atomic mass is 9.97. The standard InChI is InChI=1S/C14H18F2N2O2/c15-12-1-2-13(16)10(8-12)7-11(9-17)14(19)18-3-5-20-6-4-18/h1-2,8,11H,3-7,9,17H2. The molecule has 0 spiro atoms. The molecule has 0 aromatic heterocycles. The summed E-state index contributed by atoms with van der Waals surface area (Å²) < 4.78 is 31.9. The van der Waals surface area contributed by atoms with E-state index in [1.807, 2.05) is 0 Å². The lowest BCUT2D eigenvalue weighted by Crippen LogP contribution is -2.46. The normalized spacial score (nSPS) is 17.1. The van der Waals surface area contributed by atoms with Gasteiger partial charge in [0, 0.05) is 19.6 Å². The zero-order valence-electron chi connectivity index (χ0n) is 11.1. The van der Waals surface area contributed by atoms with Crippen LogP contribution in [0.25, 0.3) is 0 Å². The van der Waals surface area contributed by atoms with Crippen LogP contribution in [0.15, 0.2) is 18.2 Å². The maximum atomic E-state index is 13.6. The first kappa shape index (κ1) is 14.9. The molecule has 1 aliphatic heterocycles. The highest BCUT2D eigenvalue weighted by Gasteiger charge is 2.25. The lowest BCUT2D eigenvalue weighted by molar-refractivity contribution is -0.139. The van der Waals surface area contributed by atoms with Crippen molar-refractivity contribution in [2.24, 2.45) is 11.7 Å². The van der Waals surface area contributed by atoms with E-state index in [1.54, 1.807) is 4.90 Å². The van der Waals surface area contributed by atoms with Gasteiger partial charge in [0.15, 0.2) is 0 Å². The van der Waals surface area contributed by atoms with Crippen molar-refractivity contribution in [2.75, 3.05) is 32.8 Å². The SMILES string of the molecule is NCC(Cc1cc(F)ccc1F)C(=O)N1CCOCC1. The van der Waals surface area contributed by atoms with Gasteiger partial charge in [0.1, 0.15) is 11.6 Å². The Hall–Kier alpha value is -1.53. The summed E-state index contributed by atoms with van der Waals surface area (Å²) in [5.74, 6) is -1.69. The van der Waals surface area contributed by atoms with Gasteiger partial charge in [-0.1, -0.05) is 0 Å². The van der Waals surface area contributed by atoms with Crippen LogP contribution in [0.4, 0.5) is 8.78 Å². The molecular weight excluding hydrogens is 266 g/mol. The van der Waals surface area contributed by atoms with Gasteiger partial charge in [0.25, 0.3) is 0 Å². The average Bonchev–Trinajstić information content (AvgIpc) is 2.48. The van der Waals surface area contributed by atoms with E-state index in [-0.39, 0.29) is 24.4 Å². The predicted molar refractivity (Wildman–Crippen MR) is 70.0 cm³/mol. The monoisotopic (exact) mass is 284 g/mol. The third kappa shape index (κ3) is 3.52. The van der Waals surface area contributed by atoms with Crippen molar-refractivity contribution in [3.8, 4) is 0 Å². The molecule has 6 heteroatoms. The molecular formula is C14H18F2N2O2. The summed E-state index contributed by atoms with van der Waals surface area (Å²) in [4.78, 5) is 14.0. The van der Waals surface area contributed by atoms with Gasteiger partial charge in [-0.3, -0.25) is 4.79 Å². The Labute approximate surface area is 116 Å². The zero-order chi connectivity index (χ0) is 14.5. The fourth-order valence-electron chi connectivity index (χ4n) is 2.28. The maximum absolute atomic E-state index is 13.6. The molecule has 110 valence electrons. The van der Waals surface area contributed by atoms with Crippen LogP contribution < -0.4 is 5.73 Å². The van der Waals surface area contributed by atoms with Crippen molar-refractivity contribution in [1.82, 2.24) is 4.90 Å². The number of hydrogen-bond acceptors (Lipinski definition) is 3. The Bertz CT molecular complexity index is 476. The fourth-order valence-corrected chi connectivity index (χ4v) is 2.28. The van der Waals surface area contributed by atoms with E-state index < -0.39 is 17.6 Å². The molecule has 0 saturated carbocycles. The van der Waals surface area contributed by atoms with Gasteiger partial charge in [-0.25, -0.2) is 8.78 Å². The van der Waals surface area contributed by atoms with Crippen molar-refractivity contribution in [3.05, 3.63) is 35.4 Å². The average molecular weight is 284 g/mol. The van der Waals surface area contributed by atoms with Gasteiger partial charge in [0.05, 0.1) is 19.1 Å². The summed E-state index contributed by atoms with van der Waals surface area (Å²) in [6.45, 7) is 2.13. The Morgan fingerprint density at radius 1 is 1.35 bits per heavy atom. The van der Waals surface area contributed by atoms with E-state index in [0.29, 0.717) is 26.3 Å². The maximum Gasteiger partial charge on any atom is 0.227 e. The van der Waals surface area contributed by atoms with Gasteiger partial charge in [0.2, 0.25) is 5.91 Å². The van der Waals surface area contributed by atoms with E-state index in [2.05, 4.69) is 0 Å². The molecule has 1 unspecified atom stereocenters. The van der Waals surface area contributed by atoms with Gasteiger partial charge in [-0.2, -0.15) is 0 Å². The summed E-state index contributed by atoms with van der Waals surface area (Å²) in [7, 11) is 0. The highest BCUT2D eigenvalue weighted by Crippen LogP contribution is 2.16. The highest BCUT2D eigenvalue weighted by atomic mass is 19.1. The Kier molecular flexibility index (Phi) is 5.03. The Balaban J connectivity index is 2.07. The fraction of sp³-hybridized carbons (Fsp3) is 0.500. The lowest BCUT2D eigenvalue weighted by Gasteiger charge is -2.30. The van der Waals surface area contributed by atoms with E-state index in [4.69, 9.17) is 10.5 Å². The van der Waals surface area contributed by atoms with Crippen LogP contribution in [0.1, 0.15) is 5.56 Å². The summed E-state index contributed by atoms with van der Waals surface area (Å²) in [6, 6.07) is 3.24. The van der Waals surface area contributed by atoms with E-state index >= 15 is 0 Å². The molecule has 4 nitrogen and oxygen atoms in total. The summed E-state index contributed by atoms with van der Waals surface area (Å²) in [5, 5.41) is 0. The second-order valence-corrected chi connectivity index (χ2v) is 4.81. The molecule has 1 aromatic rings. The third-order valence-corrected chi connectivity index (χ3v) is 3.43. The number of benzene rings is 1. The molecule has 1 aliphatic rings. The second-order valence-electron chi connectivity index (χ2n) is 4.81. The molecule has 1 aromatic carbocycles. The number of hydrogen-bond donors (Lipinski definition) is 1. The molecule has 2 N–H and O–H groups in total. The summed E-state index contributed by atoms with van der Waals surface area (Å²) in [5.41, 5.74) is 5.80. The molecule has 0 bridgehead atoms. The van der Waals surface area contributed by atoms with Gasteiger partial charge >= 0.3 is 0 Å². The molecule has 1 amide bonds. The number of ether oxygens (including phenoxy) is 1. The van der Waals surface area contributed by atoms with E-state index in [1.165, 1.54) is 0 Å². The van der Waals surface area contributed by atoms with Crippen LogP contribution in [-0.2, 0) is 16.0 Å². The Morgan fingerprint density at radius 3 is 2.70 bits per heavy atom. The molecule has 1 heterocycles. The van der Waals surface area contributed by atoms with Crippen LogP contribution >= 0.6 is 0 Å². The summed E-state index contributed by atoms with van der Waals surface area (Å²) >= 11 is 0. The number of nitrogens with zero attached hydrogens (tertiary/aromatic N) is 1. The molecule has 1 fully saturated rings. The molecule has 2 rings (SSSR count). The number of nitrogens with two attached hydrogens (primary N) is 1. The Morgan fingerprint density at radius 2 is 2.05 bits per heavy atom. The molecule has 1 saturated heterocycles. The number of carbonyl (C=O) groups excluding carboxylic acids is 1. The molecule has 1 atom stereocenters. The predicted octanol–water partition coefficient (Wildman–Crippen LogP) is 0.941. The topological polar surface area (TPSA) is 55.6 Å². The van der Waals surface area contributed by atoms with E-state index in [0.717, 1.165) is 18.2 Å². The minimum absolute atomic E-state index is 0.103. The third-order valence-electron chi connectivity index (χ3n) is 3.43. The molecule has 20 heavy (non-hydrogen) atoms. The quantitative estimate of drug-likeness (QED) is 0.895. The van der Waals surface area contributed by atoms with Gasteiger partial charge in [-0.05, 0) is 30.2 Å². The van der Waals surface area contributed by atoms with Crippen LogP contribution in [0.5, 0.6) is 0 Å². The van der Waals surface area contributed by atoms with Gasteiger partial charge < -0.3 is 15.4 Å². The van der Waals surface area contributed by atoms with Crippen LogP contribution in [0, 0.1) is 17.6 Å². The summed E-state index contributed by atoms with van der Waals surface area (Å²) in [6.07, 6.45) is 0.107. The number of amides is 1. The van der Waals surface area contributed by atoms with Crippen molar-refractivity contribution in [3.63, 3.8) is 0 Å². The van der Waals surface area contributed by atoms with E-state index in [9.17, 15) is 13.6 Å². The van der Waals surface area contributed by atoms with Crippen molar-refractivity contribution >= 4 is 5.91 Å². The molecule has 0 radical (unpaired) electrons. The number of halogens is 2.